The first-order valence-electron chi connectivity index (χ1n) is 9.84. The van der Waals surface area contributed by atoms with Gasteiger partial charge in [0.2, 0.25) is 5.95 Å². The van der Waals surface area contributed by atoms with E-state index in [1.165, 1.54) is 0 Å². The highest BCUT2D eigenvalue weighted by Crippen LogP contribution is 2.13. The van der Waals surface area contributed by atoms with Crippen LogP contribution in [0.3, 0.4) is 0 Å². The molecule has 0 spiro atoms. The summed E-state index contributed by atoms with van der Waals surface area (Å²) in [5.41, 5.74) is 1.61. The summed E-state index contributed by atoms with van der Waals surface area (Å²) in [6, 6.07) is 10.1. The highest BCUT2D eigenvalue weighted by atomic mass is 16.5. The fraction of sp³-hybridized carbons (Fsp3) is 0.476. The lowest BCUT2D eigenvalue weighted by molar-refractivity contribution is 0.0398. The Morgan fingerprint density at radius 3 is 2.50 bits per heavy atom. The number of amides is 1. The van der Waals surface area contributed by atoms with Gasteiger partial charge in [-0.25, -0.2) is 9.97 Å². The molecule has 1 fully saturated rings. The van der Waals surface area contributed by atoms with Gasteiger partial charge in [-0.1, -0.05) is 30.3 Å². The minimum absolute atomic E-state index is 0.0567. The van der Waals surface area contributed by atoms with Crippen LogP contribution in [0, 0.1) is 0 Å². The summed E-state index contributed by atoms with van der Waals surface area (Å²) in [6.07, 6.45) is 3.21. The van der Waals surface area contributed by atoms with Gasteiger partial charge < -0.3 is 15.0 Å². The van der Waals surface area contributed by atoms with Crippen molar-refractivity contribution in [3.05, 3.63) is 53.9 Å². The first-order chi connectivity index (χ1) is 13.6. The van der Waals surface area contributed by atoms with Crippen molar-refractivity contribution >= 4 is 11.9 Å². The van der Waals surface area contributed by atoms with Crippen molar-refractivity contribution in [2.45, 2.75) is 26.4 Å². The second-order valence-corrected chi connectivity index (χ2v) is 7.19. The summed E-state index contributed by atoms with van der Waals surface area (Å²) in [7, 11) is 0. The van der Waals surface area contributed by atoms with Gasteiger partial charge in [0.1, 0.15) is 0 Å². The lowest BCUT2D eigenvalue weighted by atomic mass is 10.1. The number of hydrogen-bond acceptors (Lipinski definition) is 6. The van der Waals surface area contributed by atoms with Crippen LogP contribution in [-0.2, 0) is 11.3 Å². The molecule has 0 unspecified atom stereocenters. The Kier molecular flexibility index (Phi) is 7.33. The van der Waals surface area contributed by atoms with Crippen LogP contribution in [0.15, 0.2) is 42.7 Å². The van der Waals surface area contributed by atoms with Crippen LogP contribution < -0.4 is 5.32 Å². The van der Waals surface area contributed by atoms with E-state index in [-0.39, 0.29) is 11.9 Å². The number of benzene rings is 1. The summed E-state index contributed by atoms with van der Waals surface area (Å²) in [6.45, 7) is 9.80. The Bertz CT molecular complexity index is 730. The van der Waals surface area contributed by atoms with E-state index in [2.05, 4.69) is 20.2 Å². The summed E-state index contributed by atoms with van der Waals surface area (Å²) in [5, 5.41) is 3.22. The zero-order valence-corrected chi connectivity index (χ0v) is 16.7. The van der Waals surface area contributed by atoms with E-state index >= 15 is 0 Å². The van der Waals surface area contributed by atoms with Crippen LogP contribution >= 0.6 is 0 Å². The van der Waals surface area contributed by atoms with E-state index in [0.29, 0.717) is 18.1 Å². The fourth-order valence-corrected chi connectivity index (χ4v) is 3.12. The normalized spacial score (nSPS) is 14.8. The average Bonchev–Trinajstić information content (AvgIpc) is 2.73. The van der Waals surface area contributed by atoms with E-state index < -0.39 is 0 Å². The van der Waals surface area contributed by atoms with Gasteiger partial charge >= 0.3 is 0 Å². The molecule has 0 radical (unpaired) electrons. The van der Waals surface area contributed by atoms with Gasteiger partial charge in [-0.15, -0.1) is 0 Å². The van der Waals surface area contributed by atoms with E-state index in [4.69, 9.17) is 4.74 Å². The molecule has 1 saturated heterocycles. The molecular formula is C21H29N5O2. The molecule has 2 heterocycles. The molecule has 0 saturated carbocycles. The van der Waals surface area contributed by atoms with Gasteiger partial charge in [0.05, 0.1) is 18.8 Å². The minimum Gasteiger partial charge on any atom is -0.379 e. The molecule has 3 rings (SSSR count). The van der Waals surface area contributed by atoms with Crippen molar-refractivity contribution in [2.75, 3.05) is 44.7 Å². The third kappa shape index (κ3) is 5.74. The standard InChI is InChI=1S/C21H29N5O2/c1-17(2)26(16-18-6-4-3-5-7-18)20(27)19-14-23-21(24-15-19)22-8-9-25-10-12-28-13-11-25/h3-7,14-15,17H,8-13,16H2,1-2H3,(H,22,23,24). The number of nitrogens with zero attached hydrogens (tertiary/aromatic N) is 4. The Labute approximate surface area is 166 Å². The Balaban J connectivity index is 1.55. The molecule has 7 nitrogen and oxygen atoms in total. The molecule has 2 aromatic rings. The number of carbonyl (C=O) groups is 1. The molecule has 1 aromatic carbocycles. The zero-order valence-electron chi connectivity index (χ0n) is 16.7. The summed E-state index contributed by atoms with van der Waals surface area (Å²) < 4.78 is 5.35. The highest BCUT2D eigenvalue weighted by Gasteiger charge is 2.20. The van der Waals surface area contributed by atoms with Crippen molar-refractivity contribution in [3.8, 4) is 0 Å². The predicted molar refractivity (Wildman–Crippen MR) is 109 cm³/mol. The average molecular weight is 383 g/mol. The third-order valence-electron chi connectivity index (χ3n) is 4.79. The van der Waals surface area contributed by atoms with Gasteiger partial charge in [0.15, 0.2) is 0 Å². The number of rotatable bonds is 8. The molecule has 0 bridgehead atoms. The van der Waals surface area contributed by atoms with Gasteiger partial charge in [0.25, 0.3) is 5.91 Å². The highest BCUT2D eigenvalue weighted by molar-refractivity contribution is 5.93. The zero-order chi connectivity index (χ0) is 19.8. The maximum absolute atomic E-state index is 12.9. The quantitative estimate of drug-likeness (QED) is 0.754. The van der Waals surface area contributed by atoms with Crippen LogP contribution in [0.5, 0.6) is 0 Å². The van der Waals surface area contributed by atoms with Crippen molar-refractivity contribution in [2.24, 2.45) is 0 Å². The largest absolute Gasteiger partial charge is 0.379 e. The number of aromatic nitrogens is 2. The van der Waals surface area contributed by atoms with Crippen LogP contribution in [0.2, 0.25) is 0 Å². The number of anilines is 1. The molecule has 0 aliphatic carbocycles. The summed E-state index contributed by atoms with van der Waals surface area (Å²) >= 11 is 0. The van der Waals surface area contributed by atoms with E-state index in [9.17, 15) is 4.79 Å². The molecule has 28 heavy (non-hydrogen) atoms. The number of morpholine rings is 1. The van der Waals surface area contributed by atoms with Gasteiger partial charge in [-0.3, -0.25) is 9.69 Å². The topological polar surface area (TPSA) is 70.6 Å². The number of ether oxygens (including phenoxy) is 1. The minimum atomic E-state index is -0.0567. The molecule has 1 aliphatic rings. The molecule has 0 atom stereocenters. The Morgan fingerprint density at radius 2 is 1.86 bits per heavy atom. The maximum Gasteiger partial charge on any atom is 0.257 e. The van der Waals surface area contributed by atoms with Gasteiger partial charge in [-0.2, -0.15) is 0 Å². The molecule has 1 aliphatic heterocycles. The van der Waals surface area contributed by atoms with Crippen molar-refractivity contribution in [1.82, 2.24) is 19.8 Å². The maximum atomic E-state index is 12.9. The third-order valence-corrected chi connectivity index (χ3v) is 4.79. The van der Waals surface area contributed by atoms with E-state index in [1.807, 2.05) is 49.1 Å². The number of nitrogens with one attached hydrogen (secondary N) is 1. The lowest BCUT2D eigenvalue weighted by Gasteiger charge is -2.27. The molecule has 1 aromatic heterocycles. The number of hydrogen-bond donors (Lipinski definition) is 1. The van der Waals surface area contributed by atoms with Crippen molar-refractivity contribution in [3.63, 3.8) is 0 Å². The van der Waals surface area contributed by atoms with Crippen LogP contribution in [0.25, 0.3) is 0 Å². The van der Waals surface area contributed by atoms with Crippen LogP contribution in [-0.4, -0.2) is 71.1 Å². The SMILES string of the molecule is CC(C)N(Cc1ccccc1)C(=O)c1cnc(NCCN2CCOCC2)nc1. The van der Waals surface area contributed by atoms with Gasteiger partial charge in [-0.05, 0) is 19.4 Å². The second kappa shape index (κ2) is 10.1. The molecule has 150 valence electrons. The second-order valence-electron chi connectivity index (χ2n) is 7.19. The van der Waals surface area contributed by atoms with Gasteiger partial charge in [0, 0.05) is 51.2 Å². The smallest absolute Gasteiger partial charge is 0.257 e. The lowest BCUT2D eigenvalue weighted by Crippen LogP contribution is -2.39. The summed E-state index contributed by atoms with van der Waals surface area (Å²) in [4.78, 5) is 25.7. The molecule has 1 amide bonds. The Morgan fingerprint density at radius 1 is 1.18 bits per heavy atom. The Hall–Kier alpha value is -2.51. The van der Waals surface area contributed by atoms with Crippen LogP contribution in [0.1, 0.15) is 29.8 Å². The fourth-order valence-electron chi connectivity index (χ4n) is 3.12. The van der Waals surface area contributed by atoms with Crippen LogP contribution in [0.4, 0.5) is 5.95 Å². The first-order valence-corrected chi connectivity index (χ1v) is 9.84. The molecule has 7 heteroatoms. The molecule has 1 N–H and O–H groups in total. The molecular weight excluding hydrogens is 354 g/mol. The van der Waals surface area contributed by atoms with Crippen molar-refractivity contribution in [1.29, 1.82) is 0 Å². The monoisotopic (exact) mass is 383 g/mol. The predicted octanol–water partition coefficient (Wildman–Crippen LogP) is 2.27. The van der Waals surface area contributed by atoms with E-state index in [1.54, 1.807) is 12.4 Å². The number of carbonyl (C=O) groups excluding carboxylic acids is 1. The summed E-state index contributed by atoms with van der Waals surface area (Å²) in [5.74, 6) is 0.489. The first kappa shape index (κ1) is 20.2. The van der Waals surface area contributed by atoms with Crippen molar-refractivity contribution < 1.29 is 9.53 Å². The van der Waals surface area contributed by atoms with E-state index in [0.717, 1.165) is 45.0 Å².